The average Bonchev–Trinajstić information content (AvgIpc) is 2.64. The molecule has 0 unspecified atom stereocenters. The first-order valence-electron chi connectivity index (χ1n) is 8.27. The molecular formula is C20H23NO5. The standard InChI is InChI=1S/C20H23NO5/c1-14-7-8-18(15(2)11-14)25-10-9-21-19(22)13-26-20(23)16-5-4-6-17(12-16)24-3/h4-8,11-12H,9-10,13H2,1-3H3,(H,21,22). The number of amides is 1. The number of hydrogen-bond acceptors (Lipinski definition) is 5. The van der Waals surface area contributed by atoms with Gasteiger partial charge in [-0.15, -0.1) is 0 Å². The van der Waals surface area contributed by atoms with E-state index >= 15 is 0 Å². The van der Waals surface area contributed by atoms with Crippen LogP contribution in [-0.2, 0) is 9.53 Å². The van der Waals surface area contributed by atoms with Crippen molar-refractivity contribution in [1.29, 1.82) is 0 Å². The Labute approximate surface area is 153 Å². The lowest BCUT2D eigenvalue weighted by atomic mass is 10.1. The molecule has 0 aliphatic carbocycles. The number of benzene rings is 2. The zero-order valence-corrected chi connectivity index (χ0v) is 15.2. The van der Waals surface area contributed by atoms with Crippen LogP contribution in [0, 0.1) is 13.8 Å². The van der Waals surface area contributed by atoms with Crippen molar-refractivity contribution in [2.24, 2.45) is 0 Å². The van der Waals surface area contributed by atoms with Crippen LogP contribution in [0.5, 0.6) is 11.5 Å². The van der Waals surface area contributed by atoms with E-state index in [9.17, 15) is 9.59 Å². The Hall–Kier alpha value is -3.02. The molecule has 1 amide bonds. The largest absolute Gasteiger partial charge is 0.497 e. The second-order valence-corrected chi connectivity index (χ2v) is 5.78. The number of carbonyl (C=O) groups is 2. The molecule has 0 heterocycles. The molecule has 0 bridgehead atoms. The van der Waals surface area contributed by atoms with E-state index in [0.29, 0.717) is 24.5 Å². The first kappa shape index (κ1) is 19.3. The van der Waals surface area contributed by atoms with E-state index in [4.69, 9.17) is 14.2 Å². The maximum absolute atomic E-state index is 11.9. The summed E-state index contributed by atoms with van der Waals surface area (Å²) in [5.41, 5.74) is 2.54. The van der Waals surface area contributed by atoms with Crippen LogP contribution < -0.4 is 14.8 Å². The third-order valence-electron chi connectivity index (χ3n) is 3.65. The molecule has 138 valence electrons. The van der Waals surface area contributed by atoms with Crippen molar-refractivity contribution in [2.45, 2.75) is 13.8 Å². The maximum Gasteiger partial charge on any atom is 0.338 e. The summed E-state index contributed by atoms with van der Waals surface area (Å²) in [5, 5.41) is 2.65. The number of nitrogens with one attached hydrogen (secondary N) is 1. The SMILES string of the molecule is COc1cccc(C(=O)OCC(=O)NCCOc2ccc(C)cc2C)c1. The zero-order valence-electron chi connectivity index (χ0n) is 15.2. The lowest BCUT2D eigenvalue weighted by Gasteiger charge is -2.11. The van der Waals surface area contributed by atoms with E-state index in [-0.39, 0.29) is 12.5 Å². The van der Waals surface area contributed by atoms with Crippen molar-refractivity contribution in [3.63, 3.8) is 0 Å². The molecule has 6 heteroatoms. The molecule has 0 saturated carbocycles. The number of methoxy groups -OCH3 is 1. The van der Waals surface area contributed by atoms with Gasteiger partial charge in [-0.2, -0.15) is 0 Å². The normalized spacial score (nSPS) is 10.1. The fourth-order valence-electron chi connectivity index (χ4n) is 2.33. The maximum atomic E-state index is 11.9. The van der Waals surface area contributed by atoms with Gasteiger partial charge in [-0.05, 0) is 43.7 Å². The highest BCUT2D eigenvalue weighted by Gasteiger charge is 2.11. The van der Waals surface area contributed by atoms with Crippen molar-refractivity contribution < 1.29 is 23.8 Å². The van der Waals surface area contributed by atoms with Gasteiger partial charge in [0.15, 0.2) is 6.61 Å². The van der Waals surface area contributed by atoms with E-state index in [2.05, 4.69) is 5.32 Å². The molecule has 0 aromatic heterocycles. The molecule has 1 N–H and O–H groups in total. The van der Waals surface area contributed by atoms with Gasteiger partial charge in [-0.25, -0.2) is 4.79 Å². The van der Waals surface area contributed by atoms with Crippen molar-refractivity contribution in [3.8, 4) is 11.5 Å². The van der Waals surface area contributed by atoms with Crippen LogP contribution >= 0.6 is 0 Å². The van der Waals surface area contributed by atoms with Crippen LogP contribution in [0.1, 0.15) is 21.5 Å². The molecular weight excluding hydrogens is 334 g/mol. The summed E-state index contributed by atoms with van der Waals surface area (Å²) >= 11 is 0. The van der Waals surface area contributed by atoms with E-state index in [1.165, 1.54) is 12.7 Å². The van der Waals surface area contributed by atoms with Crippen LogP contribution in [0.2, 0.25) is 0 Å². The smallest absolute Gasteiger partial charge is 0.338 e. The Morgan fingerprint density at radius 1 is 1.08 bits per heavy atom. The molecule has 0 aliphatic heterocycles. The predicted octanol–water partition coefficient (Wildman–Crippen LogP) is 2.66. The molecule has 2 rings (SSSR count). The van der Waals surface area contributed by atoms with Gasteiger partial charge in [-0.3, -0.25) is 4.79 Å². The second kappa shape index (κ2) is 9.46. The quantitative estimate of drug-likeness (QED) is 0.581. The molecule has 2 aromatic carbocycles. The summed E-state index contributed by atoms with van der Waals surface area (Å²) in [4.78, 5) is 23.7. The lowest BCUT2D eigenvalue weighted by molar-refractivity contribution is -0.124. The third kappa shape index (κ3) is 5.81. The van der Waals surface area contributed by atoms with Crippen LogP contribution in [0.3, 0.4) is 0 Å². The van der Waals surface area contributed by atoms with Crippen molar-refractivity contribution in [2.75, 3.05) is 26.9 Å². The van der Waals surface area contributed by atoms with Crippen LogP contribution in [0.15, 0.2) is 42.5 Å². The molecule has 0 fully saturated rings. The highest BCUT2D eigenvalue weighted by Crippen LogP contribution is 2.18. The highest BCUT2D eigenvalue weighted by atomic mass is 16.5. The van der Waals surface area contributed by atoms with Gasteiger partial charge in [0.05, 0.1) is 19.2 Å². The Balaban J connectivity index is 1.69. The molecule has 0 aliphatic rings. The van der Waals surface area contributed by atoms with E-state index in [1.807, 2.05) is 32.0 Å². The Kier molecular flexibility index (Phi) is 7.02. The van der Waals surface area contributed by atoms with Crippen LogP contribution in [0.25, 0.3) is 0 Å². The van der Waals surface area contributed by atoms with Crippen LogP contribution in [0.4, 0.5) is 0 Å². The third-order valence-corrected chi connectivity index (χ3v) is 3.65. The Morgan fingerprint density at radius 3 is 2.62 bits per heavy atom. The summed E-state index contributed by atoms with van der Waals surface area (Å²) in [5.74, 6) is 0.373. The first-order valence-corrected chi connectivity index (χ1v) is 8.27. The van der Waals surface area contributed by atoms with Gasteiger partial charge in [0.2, 0.25) is 0 Å². The Morgan fingerprint density at radius 2 is 1.88 bits per heavy atom. The zero-order chi connectivity index (χ0) is 18.9. The number of aryl methyl sites for hydroxylation is 2. The van der Waals surface area contributed by atoms with E-state index in [0.717, 1.165) is 11.3 Å². The molecule has 0 saturated heterocycles. The van der Waals surface area contributed by atoms with Crippen molar-refractivity contribution in [3.05, 3.63) is 59.2 Å². The average molecular weight is 357 g/mol. The van der Waals surface area contributed by atoms with Gasteiger partial charge in [-0.1, -0.05) is 23.8 Å². The van der Waals surface area contributed by atoms with Gasteiger partial charge < -0.3 is 19.5 Å². The Bertz CT molecular complexity index is 773. The van der Waals surface area contributed by atoms with E-state index < -0.39 is 5.97 Å². The minimum atomic E-state index is -0.578. The number of carbonyl (C=O) groups excluding carboxylic acids is 2. The fourth-order valence-corrected chi connectivity index (χ4v) is 2.33. The lowest BCUT2D eigenvalue weighted by Crippen LogP contribution is -2.32. The number of ether oxygens (including phenoxy) is 3. The van der Waals surface area contributed by atoms with Gasteiger partial charge in [0.1, 0.15) is 18.1 Å². The summed E-state index contributed by atoms with van der Waals surface area (Å²) in [6.45, 7) is 4.30. The first-order chi connectivity index (χ1) is 12.5. The summed E-state index contributed by atoms with van der Waals surface area (Å²) in [6, 6.07) is 12.5. The summed E-state index contributed by atoms with van der Waals surface area (Å²) in [6.07, 6.45) is 0. The summed E-state index contributed by atoms with van der Waals surface area (Å²) < 4.78 is 15.7. The molecule has 0 atom stereocenters. The van der Waals surface area contributed by atoms with Crippen LogP contribution in [-0.4, -0.2) is 38.7 Å². The van der Waals surface area contributed by atoms with Crippen molar-refractivity contribution in [1.82, 2.24) is 5.32 Å². The highest BCUT2D eigenvalue weighted by molar-refractivity contribution is 5.91. The van der Waals surface area contributed by atoms with Gasteiger partial charge in [0, 0.05) is 0 Å². The van der Waals surface area contributed by atoms with Crippen molar-refractivity contribution >= 4 is 11.9 Å². The summed E-state index contributed by atoms with van der Waals surface area (Å²) in [7, 11) is 1.51. The molecule has 0 radical (unpaired) electrons. The topological polar surface area (TPSA) is 73.9 Å². The minimum absolute atomic E-state index is 0.322. The molecule has 6 nitrogen and oxygen atoms in total. The molecule has 2 aromatic rings. The second-order valence-electron chi connectivity index (χ2n) is 5.78. The number of esters is 1. The number of hydrogen-bond donors (Lipinski definition) is 1. The fraction of sp³-hybridized carbons (Fsp3) is 0.300. The van der Waals surface area contributed by atoms with E-state index in [1.54, 1.807) is 24.3 Å². The minimum Gasteiger partial charge on any atom is -0.497 e. The monoisotopic (exact) mass is 357 g/mol. The van der Waals surface area contributed by atoms with Gasteiger partial charge >= 0.3 is 5.97 Å². The molecule has 0 spiro atoms. The molecule has 26 heavy (non-hydrogen) atoms. The predicted molar refractivity (Wildman–Crippen MR) is 97.7 cm³/mol. The number of rotatable bonds is 8. The van der Waals surface area contributed by atoms with Gasteiger partial charge in [0.25, 0.3) is 5.91 Å².